The molecule has 27 heavy (non-hydrogen) atoms. The molecule has 0 aliphatic heterocycles. The number of nitrogens with zero attached hydrogens (tertiary/aromatic N) is 3. The zero-order chi connectivity index (χ0) is 19.2. The highest BCUT2D eigenvalue weighted by molar-refractivity contribution is 9.10. The number of benzene rings is 2. The van der Waals surface area contributed by atoms with Gasteiger partial charge in [0.25, 0.3) is 11.8 Å². The van der Waals surface area contributed by atoms with Crippen molar-refractivity contribution in [2.45, 2.75) is 13.0 Å². The predicted molar refractivity (Wildman–Crippen MR) is 101 cm³/mol. The van der Waals surface area contributed by atoms with E-state index in [1.54, 1.807) is 25.1 Å². The quantitative estimate of drug-likeness (QED) is 0.606. The van der Waals surface area contributed by atoms with Gasteiger partial charge in [-0.25, -0.2) is 4.68 Å². The molecule has 0 saturated carbocycles. The van der Waals surface area contributed by atoms with Crippen LogP contribution in [0.4, 0.5) is 0 Å². The van der Waals surface area contributed by atoms with E-state index in [0.717, 1.165) is 10.2 Å². The molecule has 0 saturated heterocycles. The van der Waals surface area contributed by atoms with E-state index >= 15 is 0 Å². The molecule has 0 aliphatic carbocycles. The molecule has 0 bridgehead atoms. The molecule has 9 heteroatoms. The SMILES string of the molecule is CC(Oc1cccc(Br)c1)C(=O)NNC(=O)c1cn(-c2ccccc2)nn1. The number of hydrazine groups is 1. The number of hydrogen-bond acceptors (Lipinski definition) is 5. The first-order valence-electron chi connectivity index (χ1n) is 8.03. The molecule has 1 atom stereocenters. The summed E-state index contributed by atoms with van der Waals surface area (Å²) in [7, 11) is 0. The summed E-state index contributed by atoms with van der Waals surface area (Å²) in [6.45, 7) is 1.58. The van der Waals surface area contributed by atoms with Gasteiger partial charge < -0.3 is 4.74 Å². The van der Waals surface area contributed by atoms with Crippen LogP contribution >= 0.6 is 15.9 Å². The van der Waals surface area contributed by atoms with Crippen LogP contribution in [0.1, 0.15) is 17.4 Å². The van der Waals surface area contributed by atoms with Crippen molar-refractivity contribution in [2.75, 3.05) is 0 Å². The van der Waals surface area contributed by atoms with Crippen LogP contribution < -0.4 is 15.6 Å². The summed E-state index contributed by atoms with van der Waals surface area (Å²) in [5.41, 5.74) is 5.45. The maximum absolute atomic E-state index is 12.1. The number of ether oxygens (including phenoxy) is 1. The second-order valence-corrected chi connectivity index (χ2v) is 6.46. The van der Waals surface area contributed by atoms with Gasteiger partial charge in [0.1, 0.15) is 5.75 Å². The number of aromatic nitrogens is 3. The van der Waals surface area contributed by atoms with Crippen LogP contribution in [-0.4, -0.2) is 32.9 Å². The Morgan fingerprint density at radius 3 is 2.63 bits per heavy atom. The van der Waals surface area contributed by atoms with Crippen molar-refractivity contribution >= 4 is 27.7 Å². The van der Waals surface area contributed by atoms with Crippen LogP contribution in [0.2, 0.25) is 0 Å². The van der Waals surface area contributed by atoms with Gasteiger partial charge in [0.05, 0.1) is 11.9 Å². The zero-order valence-electron chi connectivity index (χ0n) is 14.3. The number of rotatable bonds is 5. The van der Waals surface area contributed by atoms with E-state index < -0.39 is 17.9 Å². The Morgan fingerprint density at radius 1 is 1.11 bits per heavy atom. The average Bonchev–Trinajstić information content (AvgIpc) is 3.17. The number of carbonyl (C=O) groups excluding carboxylic acids is 2. The molecule has 1 unspecified atom stereocenters. The first-order chi connectivity index (χ1) is 13.0. The molecular formula is C18H16BrN5O3. The molecule has 2 aromatic carbocycles. The van der Waals surface area contributed by atoms with E-state index in [2.05, 4.69) is 37.1 Å². The van der Waals surface area contributed by atoms with Crippen molar-refractivity contribution < 1.29 is 14.3 Å². The van der Waals surface area contributed by atoms with E-state index in [1.165, 1.54) is 10.9 Å². The zero-order valence-corrected chi connectivity index (χ0v) is 15.9. The van der Waals surface area contributed by atoms with Crippen LogP contribution in [0, 0.1) is 0 Å². The highest BCUT2D eigenvalue weighted by Gasteiger charge is 2.17. The van der Waals surface area contributed by atoms with Gasteiger partial charge in [-0.05, 0) is 37.3 Å². The van der Waals surface area contributed by atoms with Gasteiger partial charge in [-0.3, -0.25) is 20.4 Å². The lowest BCUT2D eigenvalue weighted by atomic mass is 10.3. The molecule has 8 nitrogen and oxygen atoms in total. The van der Waals surface area contributed by atoms with E-state index in [0.29, 0.717) is 5.75 Å². The van der Waals surface area contributed by atoms with Gasteiger partial charge in [0, 0.05) is 4.47 Å². The minimum atomic E-state index is -0.806. The van der Waals surface area contributed by atoms with Gasteiger partial charge in [0.2, 0.25) is 0 Å². The van der Waals surface area contributed by atoms with Crippen molar-refractivity contribution in [2.24, 2.45) is 0 Å². The van der Waals surface area contributed by atoms with Crippen molar-refractivity contribution in [3.05, 3.63) is 71.0 Å². The van der Waals surface area contributed by atoms with Gasteiger partial charge >= 0.3 is 0 Å². The summed E-state index contributed by atoms with van der Waals surface area (Å²) in [4.78, 5) is 24.2. The van der Waals surface area contributed by atoms with E-state index in [9.17, 15) is 9.59 Å². The molecule has 3 rings (SSSR count). The monoisotopic (exact) mass is 429 g/mol. The fourth-order valence-corrected chi connectivity index (χ4v) is 2.53. The number of nitrogens with one attached hydrogen (secondary N) is 2. The Morgan fingerprint density at radius 2 is 1.89 bits per heavy atom. The van der Waals surface area contributed by atoms with Crippen molar-refractivity contribution in [1.29, 1.82) is 0 Å². The van der Waals surface area contributed by atoms with Crippen molar-refractivity contribution in [3.63, 3.8) is 0 Å². The summed E-state index contributed by atoms with van der Waals surface area (Å²) in [5.74, 6) is -0.553. The topological polar surface area (TPSA) is 98.1 Å². The second-order valence-electron chi connectivity index (χ2n) is 5.54. The lowest BCUT2D eigenvalue weighted by Gasteiger charge is -2.14. The van der Waals surface area contributed by atoms with E-state index in [4.69, 9.17) is 4.74 Å². The van der Waals surface area contributed by atoms with Gasteiger partial charge in [0.15, 0.2) is 11.8 Å². The normalized spacial score (nSPS) is 11.5. The highest BCUT2D eigenvalue weighted by atomic mass is 79.9. The van der Waals surface area contributed by atoms with Crippen LogP contribution in [0.25, 0.3) is 5.69 Å². The lowest BCUT2D eigenvalue weighted by molar-refractivity contribution is -0.128. The summed E-state index contributed by atoms with van der Waals surface area (Å²) in [6.07, 6.45) is 0.665. The van der Waals surface area contributed by atoms with Crippen molar-refractivity contribution in [3.8, 4) is 11.4 Å². The van der Waals surface area contributed by atoms with Gasteiger partial charge in [-0.2, -0.15) is 0 Å². The third-order valence-corrected chi connectivity index (χ3v) is 4.02. The molecule has 0 spiro atoms. The molecule has 3 aromatic rings. The minimum Gasteiger partial charge on any atom is -0.481 e. The smallest absolute Gasteiger partial charge is 0.291 e. The van der Waals surface area contributed by atoms with E-state index in [-0.39, 0.29) is 5.69 Å². The fourth-order valence-electron chi connectivity index (χ4n) is 2.16. The lowest BCUT2D eigenvalue weighted by Crippen LogP contribution is -2.47. The van der Waals surface area contributed by atoms with Gasteiger partial charge in [-0.15, -0.1) is 5.10 Å². The summed E-state index contributed by atoms with van der Waals surface area (Å²) >= 11 is 3.33. The Labute approximate surface area is 163 Å². The third-order valence-electron chi connectivity index (χ3n) is 3.52. The molecule has 138 valence electrons. The van der Waals surface area contributed by atoms with Crippen molar-refractivity contribution in [1.82, 2.24) is 25.8 Å². The summed E-state index contributed by atoms with van der Waals surface area (Å²) in [5, 5.41) is 7.70. The number of para-hydroxylation sites is 1. The van der Waals surface area contributed by atoms with Crippen LogP contribution in [-0.2, 0) is 4.79 Å². The number of amides is 2. The first kappa shape index (κ1) is 18.6. The molecule has 2 amide bonds. The molecule has 0 aliphatic rings. The molecule has 2 N–H and O–H groups in total. The Bertz CT molecular complexity index is 945. The molecule has 0 radical (unpaired) electrons. The summed E-state index contributed by atoms with van der Waals surface area (Å²) < 4.78 is 7.84. The second kappa shape index (κ2) is 8.45. The Balaban J connectivity index is 1.54. The third kappa shape index (κ3) is 4.91. The Kier molecular flexibility index (Phi) is 5.82. The number of carbonyl (C=O) groups is 2. The first-order valence-corrected chi connectivity index (χ1v) is 8.82. The molecule has 1 heterocycles. The highest BCUT2D eigenvalue weighted by Crippen LogP contribution is 2.18. The number of hydrogen-bond donors (Lipinski definition) is 2. The summed E-state index contributed by atoms with van der Waals surface area (Å²) in [6, 6.07) is 16.4. The van der Waals surface area contributed by atoms with Gasteiger partial charge in [-0.1, -0.05) is 45.4 Å². The molecule has 1 aromatic heterocycles. The maximum Gasteiger partial charge on any atom is 0.291 e. The minimum absolute atomic E-state index is 0.0692. The standard InChI is InChI=1S/C18H16BrN5O3/c1-12(27-15-9-5-6-13(19)10-15)17(25)21-22-18(26)16-11-24(23-20-16)14-7-3-2-4-8-14/h2-12H,1H3,(H,21,25)(H,22,26). The Hall–Kier alpha value is -3.20. The van der Waals surface area contributed by atoms with E-state index in [1.807, 2.05) is 36.4 Å². The molecule has 0 fully saturated rings. The predicted octanol–water partition coefficient (Wildman–Crippen LogP) is 2.26. The maximum atomic E-state index is 12.1. The van der Waals surface area contributed by atoms with Crippen LogP contribution in [0.5, 0.6) is 5.75 Å². The van der Waals surface area contributed by atoms with Crippen LogP contribution in [0.3, 0.4) is 0 Å². The molecular weight excluding hydrogens is 414 g/mol. The average molecular weight is 430 g/mol. The number of halogens is 1. The van der Waals surface area contributed by atoms with Crippen LogP contribution in [0.15, 0.2) is 65.3 Å². The fraction of sp³-hybridized carbons (Fsp3) is 0.111. The largest absolute Gasteiger partial charge is 0.481 e.